The molecule has 1 saturated heterocycles. The molecule has 0 atom stereocenters. The molecule has 1 aliphatic rings. The molecule has 4 rings (SSSR count). The summed E-state index contributed by atoms with van der Waals surface area (Å²) in [5.41, 5.74) is 0.660. The summed E-state index contributed by atoms with van der Waals surface area (Å²) in [6.07, 6.45) is 5.23. The van der Waals surface area contributed by atoms with Crippen molar-refractivity contribution in [2.75, 3.05) is 38.7 Å². The smallest absolute Gasteiger partial charge is 0.234 e. The number of likely N-dealkylation sites (tertiary alicyclic amines) is 1. The molecule has 0 aliphatic carbocycles. The summed E-state index contributed by atoms with van der Waals surface area (Å²) in [5, 5.41) is 13.7. The molecule has 1 aliphatic heterocycles. The molecule has 0 saturated carbocycles. The van der Waals surface area contributed by atoms with Gasteiger partial charge in [0, 0.05) is 31.8 Å². The van der Waals surface area contributed by atoms with Crippen molar-refractivity contribution in [2.24, 2.45) is 0 Å². The van der Waals surface area contributed by atoms with Crippen LogP contribution in [0.2, 0.25) is 5.15 Å². The zero-order valence-electron chi connectivity index (χ0n) is 20.2. The van der Waals surface area contributed by atoms with Gasteiger partial charge in [0.2, 0.25) is 5.88 Å². The van der Waals surface area contributed by atoms with E-state index >= 15 is 0 Å². The molecule has 1 aromatic carbocycles. The summed E-state index contributed by atoms with van der Waals surface area (Å²) in [6.45, 7) is 7.27. The second-order valence-corrected chi connectivity index (χ2v) is 9.01. The lowest BCUT2D eigenvalue weighted by Gasteiger charge is -2.29. The first-order chi connectivity index (χ1) is 16.9. The van der Waals surface area contributed by atoms with Gasteiger partial charge in [-0.25, -0.2) is 15.0 Å². The lowest BCUT2D eigenvalue weighted by Crippen LogP contribution is -2.36. The van der Waals surface area contributed by atoms with Crippen LogP contribution in [-0.4, -0.2) is 75.5 Å². The Morgan fingerprint density at radius 3 is 2.71 bits per heavy atom. The van der Waals surface area contributed by atoms with E-state index in [0.717, 1.165) is 38.9 Å². The topological polar surface area (TPSA) is 115 Å². The highest BCUT2D eigenvalue weighted by Crippen LogP contribution is 2.36. The number of benzene rings is 1. The van der Waals surface area contributed by atoms with Crippen molar-refractivity contribution in [1.29, 1.82) is 0 Å². The van der Waals surface area contributed by atoms with E-state index in [4.69, 9.17) is 25.8 Å². The number of anilines is 2. The van der Waals surface area contributed by atoms with Crippen molar-refractivity contribution in [1.82, 2.24) is 24.8 Å². The standard InChI is InChI=1S/C24H31ClN6O4/c1-15(2)35-19-12-17(34-10-4-7-31-8-5-16(32)6-9-31)11-18-21(19)23(28-14-27-18)30-24-22(25)26-13-20(29-24)33-3/h11-16,32H,4-10H2,1-3H3,(H,27,28,29,30). The van der Waals surface area contributed by atoms with Crippen LogP contribution in [0.5, 0.6) is 17.4 Å². The summed E-state index contributed by atoms with van der Waals surface area (Å²) < 4.78 is 17.3. The van der Waals surface area contributed by atoms with Crippen molar-refractivity contribution in [3.63, 3.8) is 0 Å². The third-order valence-corrected chi connectivity index (χ3v) is 5.91. The lowest BCUT2D eigenvalue weighted by molar-refractivity contribution is 0.0800. The van der Waals surface area contributed by atoms with E-state index in [1.807, 2.05) is 26.0 Å². The molecule has 35 heavy (non-hydrogen) atoms. The highest BCUT2D eigenvalue weighted by molar-refractivity contribution is 6.31. The highest BCUT2D eigenvalue weighted by Gasteiger charge is 2.18. The number of methoxy groups -OCH3 is 1. The summed E-state index contributed by atoms with van der Waals surface area (Å²) >= 11 is 6.24. The van der Waals surface area contributed by atoms with Gasteiger partial charge in [0.25, 0.3) is 0 Å². The number of hydrogen-bond acceptors (Lipinski definition) is 10. The van der Waals surface area contributed by atoms with Gasteiger partial charge in [-0.15, -0.1) is 0 Å². The molecular weight excluding hydrogens is 472 g/mol. The molecule has 0 amide bonds. The van der Waals surface area contributed by atoms with Gasteiger partial charge in [0.05, 0.1) is 43.0 Å². The predicted molar refractivity (Wildman–Crippen MR) is 134 cm³/mol. The minimum Gasteiger partial charge on any atom is -0.493 e. The summed E-state index contributed by atoms with van der Waals surface area (Å²) in [7, 11) is 1.51. The number of rotatable bonds is 10. The number of ether oxygens (including phenoxy) is 3. The Morgan fingerprint density at radius 2 is 1.97 bits per heavy atom. The van der Waals surface area contributed by atoms with Crippen LogP contribution in [0.4, 0.5) is 11.6 Å². The van der Waals surface area contributed by atoms with Gasteiger partial charge in [-0.2, -0.15) is 4.98 Å². The SMILES string of the molecule is COc1cnc(Cl)c(Nc2ncnc3cc(OCCCN4CCC(O)CC4)cc(OC(C)C)c23)n1. The first-order valence-electron chi connectivity index (χ1n) is 11.7. The van der Waals surface area contributed by atoms with E-state index in [9.17, 15) is 5.11 Å². The van der Waals surface area contributed by atoms with E-state index in [2.05, 4.69) is 30.2 Å². The summed E-state index contributed by atoms with van der Waals surface area (Å²) in [6, 6.07) is 3.72. The number of aliphatic hydroxyl groups excluding tert-OH is 1. The van der Waals surface area contributed by atoms with Crippen LogP contribution in [0, 0.1) is 0 Å². The molecule has 2 aromatic heterocycles. The van der Waals surface area contributed by atoms with E-state index in [-0.39, 0.29) is 17.4 Å². The van der Waals surface area contributed by atoms with Crippen molar-refractivity contribution in [2.45, 2.75) is 45.3 Å². The maximum Gasteiger partial charge on any atom is 0.234 e. The Labute approximate surface area is 209 Å². The van der Waals surface area contributed by atoms with Gasteiger partial charge in [-0.05, 0) is 33.1 Å². The third-order valence-electron chi connectivity index (χ3n) is 5.63. The number of aromatic nitrogens is 4. The molecule has 11 heteroatoms. The fourth-order valence-corrected chi connectivity index (χ4v) is 4.06. The van der Waals surface area contributed by atoms with E-state index in [1.165, 1.54) is 19.6 Å². The number of aliphatic hydroxyl groups is 1. The Hall–Kier alpha value is -2.95. The molecule has 2 N–H and O–H groups in total. The minimum absolute atomic E-state index is 0.0730. The van der Waals surface area contributed by atoms with Crippen LogP contribution in [0.1, 0.15) is 33.1 Å². The zero-order valence-corrected chi connectivity index (χ0v) is 21.0. The van der Waals surface area contributed by atoms with Crippen LogP contribution >= 0.6 is 11.6 Å². The Kier molecular flexibility index (Phi) is 8.37. The number of piperidine rings is 1. The Bertz CT molecular complexity index is 1140. The Morgan fingerprint density at radius 1 is 1.17 bits per heavy atom. The molecule has 0 radical (unpaired) electrons. The number of halogens is 1. The molecule has 0 unspecified atom stereocenters. The van der Waals surface area contributed by atoms with Gasteiger partial charge in [-0.1, -0.05) is 11.6 Å². The van der Waals surface area contributed by atoms with E-state index in [0.29, 0.717) is 46.5 Å². The van der Waals surface area contributed by atoms with Crippen molar-refractivity contribution < 1.29 is 19.3 Å². The second-order valence-electron chi connectivity index (χ2n) is 8.66. The largest absolute Gasteiger partial charge is 0.493 e. The van der Waals surface area contributed by atoms with Crippen molar-refractivity contribution >= 4 is 34.1 Å². The fraction of sp³-hybridized carbons (Fsp3) is 0.500. The molecule has 0 bridgehead atoms. The number of nitrogens with one attached hydrogen (secondary N) is 1. The average molecular weight is 503 g/mol. The minimum atomic E-state index is -0.159. The number of nitrogens with zero attached hydrogens (tertiary/aromatic N) is 5. The third kappa shape index (κ3) is 6.59. The molecule has 0 spiro atoms. The Balaban J connectivity index is 1.53. The first-order valence-corrected chi connectivity index (χ1v) is 12.1. The monoisotopic (exact) mass is 502 g/mol. The molecule has 3 aromatic rings. The molecule has 3 heterocycles. The predicted octanol–water partition coefficient (Wildman–Crippen LogP) is 3.84. The summed E-state index contributed by atoms with van der Waals surface area (Å²) in [4.78, 5) is 19.6. The molecule has 10 nitrogen and oxygen atoms in total. The van der Waals surface area contributed by atoms with Crippen LogP contribution in [-0.2, 0) is 0 Å². The van der Waals surface area contributed by atoms with Gasteiger partial charge in [0.15, 0.2) is 11.0 Å². The van der Waals surface area contributed by atoms with E-state index in [1.54, 1.807) is 0 Å². The van der Waals surface area contributed by atoms with Crippen LogP contribution < -0.4 is 19.5 Å². The van der Waals surface area contributed by atoms with Crippen LogP contribution in [0.15, 0.2) is 24.7 Å². The average Bonchev–Trinajstić information content (AvgIpc) is 2.84. The van der Waals surface area contributed by atoms with Gasteiger partial charge in [-0.3, -0.25) is 0 Å². The van der Waals surface area contributed by atoms with Crippen LogP contribution in [0.25, 0.3) is 10.9 Å². The quantitative estimate of drug-likeness (QED) is 0.396. The maximum absolute atomic E-state index is 9.66. The van der Waals surface area contributed by atoms with Gasteiger partial charge in [0.1, 0.15) is 23.6 Å². The summed E-state index contributed by atoms with van der Waals surface area (Å²) in [5.74, 6) is 2.38. The fourth-order valence-electron chi connectivity index (χ4n) is 3.92. The normalized spacial score (nSPS) is 14.9. The molecular formula is C24H31ClN6O4. The van der Waals surface area contributed by atoms with Crippen molar-refractivity contribution in [3.05, 3.63) is 29.8 Å². The number of hydrogen-bond donors (Lipinski definition) is 2. The molecule has 1 fully saturated rings. The van der Waals surface area contributed by atoms with Crippen molar-refractivity contribution in [3.8, 4) is 17.4 Å². The lowest BCUT2D eigenvalue weighted by atomic mass is 10.1. The second kappa shape index (κ2) is 11.7. The molecule has 188 valence electrons. The van der Waals surface area contributed by atoms with Crippen LogP contribution in [0.3, 0.4) is 0 Å². The first kappa shape index (κ1) is 25.2. The van der Waals surface area contributed by atoms with E-state index < -0.39 is 0 Å². The van der Waals surface area contributed by atoms with Gasteiger partial charge < -0.3 is 29.5 Å². The number of fused-ring (bicyclic) bond motifs is 1. The maximum atomic E-state index is 9.66. The zero-order chi connectivity index (χ0) is 24.8. The van der Waals surface area contributed by atoms with Gasteiger partial charge >= 0.3 is 0 Å². The highest BCUT2D eigenvalue weighted by atomic mass is 35.5.